The number of amides is 1. The topological polar surface area (TPSA) is 66.4 Å². The van der Waals surface area contributed by atoms with E-state index in [1.807, 2.05) is 24.5 Å². The molecule has 1 aromatic carbocycles. The van der Waals surface area contributed by atoms with Crippen LogP contribution >= 0.6 is 35.1 Å². The maximum atomic E-state index is 11.8. The summed E-state index contributed by atoms with van der Waals surface area (Å²) in [5, 5.41) is 12.1. The van der Waals surface area contributed by atoms with E-state index in [1.54, 1.807) is 17.8 Å². The van der Waals surface area contributed by atoms with Gasteiger partial charge >= 0.3 is 5.97 Å². The number of halogens is 1. The molecule has 0 aliphatic rings. The third kappa shape index (κ3) is 6.07. The van der Waals surface area contributed by atoms with Gasteiger partial charge in [0.05, 0.1) is 10.8 Å². The fourth-order valence-electron chi connectivity index (χ4n) is 1.43. The molecule has 1 atom stereocenters. The first kappa shape index (κ1) is 17.2. The lowest BCUT2D eigenvalue weighted by molar-refractivity contribution is -0.141. The Morgan fingerprint density at radius 3 is 2.70 bits per heavy atom. The summed E-state index contributed by atoms with van der Waals surface area (Å²) in [6, 6.07) is 6.39. The zero-order valence-corrected chi connectivity index (χ0v) is 13.4. The molecule has 0 radical (unpaired) electrons. The highest BCUT2D eigenvalue weighted by molar-refractivity contribution is 8.00. The highest BCUT2D eigenvalue weighted by Crippen LogP contribution is 2.26. The number of carbonyl (C=O) groups is 2. The number of aliphatic carboxylic acids is 1. The van der Waals surface area contributed by atoms with Crippen molar-refractivity contribution in [3.63, 3.8) is 0 Å². The Balaban J connectivity index is 2.46. The van der Waals surface area contributed by atoms with Gasteiger partial charge < -0.3 is 10.4 Å². The molecule has 1 amide bonds. The molecule has 0 saturated heterocycles. The van der Waals surface area contributed by atoms with Gasteiger partial charge in [-0.25, -0.2) is 4.79 Å². The van der Waals surface area contributed by atoms with Crippen LogP contribution in [0.4, 0.5) is 0 Å². The Kier molecular flexibility index (Phi) is 7.87. The van der Waals surface area contributed by atoms with Gasteiger partial charge in [0.1, 0.15) is 6.04 Å². The summed E-state index contributed by atoms with van der Waals surface area (Å²) in [4.78, 5) is 23.6. The van der Waals surface area contributed by atoms with Crippen molar-refractivity contribution < 1.29 is 14.7 Å². The SMILES string of the molecule is CSCCC(NC(=O)CSc1ccccc1Cl)C(=O)O. The molecule has 20 heavy (non-hydrogen) atoms. The molecule has 1 unspecified atom stereocenters. The van der Waals surface area contributed by atoms with Gasteiger partial charge in [0, 0.05) is 4.90 Å². The van der Waals surface area contributed by atoms with Crippen LogP contribution in [0.3, 0.4) is 0 Å². The molecule has 0 fully saturated rings. The number of carboxylic acid groups (broad SMARTS) is 1. The molecule has 4 nitrogen and oxygen atoms in total. The van der Waals surface area contributed by atoms with Crippen molar-refractivity contribution in [2.24, 2.45) is 0 Å². The quantitative estimate of drug-likeness (QED) is 0.716. The van der Waals surface area contributed by atoms with Crippen molar-refractivity contribution >= 4 is 47.0 Å². The van der Waals surface area contributed by atoms with Crippen molar-refractivity contribution in [1.29, 1.82) is 0 Å². The number of benzene rings is 1. The van der Waals surface area contributed by atoms with Crippen molar-refractivity contribution in [3.05, 3.63) is 29.3 Å². The van der Waals surface area contributed by atoms with Crippen LogP contribution in [0.5, 0.6) is 0 Å². The van der Waals surface area contributed by atoms with E-state index >= 15 is 0 Å². The van der Waals surface area contributed by atoms with Crippen LogP contribution < -0.4 is 5.32 Å². The summed E-state index contributed by atoms with van der Waals surface area (Å²) < 4.78 is 0. The molecule has 0 aliphatic heterocycles. The number of carbonyl (C=O) groups excluding carboxylic acids is 1. The number of nitrogens with one attached hydrogen (secondary N) is 1. The minimum atomic E-state index is -1.00. The molecule has 1 rings (SSSR count). The number of hydrogen-bond acceptors (Lipinski definition) is 4. The van der Waals surface area contributed by atoms with E-state index in [4.69, 9.17) is 16.7 Å². The highest BCUT2D eigenvalue weighted by Gasteiger charge is 2.19. The Labute approximate surface area is 131 Å². The number of hydrogen-bond donors (Lipinski definition) is 2. The second kappa shape index (κ2) is 9.15. The highest BCUT2D eigenvalue weighted by atomic mass is 35.5. The lowest BCUT2D eigenvalue weighted by atomic mass is 10.2. The zero-order valence-electron chi connectivity index (χ0n) is 11.0. The van der Waals surface area contributed by atoms with Crippen LogP contribution in [0.15, 0.2) is 29.2 Å². The Bertz CT molecular complexity index is 471. The standard InChI is InChI=1S/C13H16ClNO3S2/c1-19-7-6-10(13(17)18)15-12(16)8-20-11-5-3-2-4-9(11)14/h2-5,10H,6-8H2,1H3,(H,15,16)(H,17,18). The van der Waals surface area contributed by atoms with Gasteiger partial charge in [0.25, 0.3) is 0 Å². The second-order valence-electron chi connectivity index (χ2n) is 3.96. The van der Waals surface area contributed by atoms with E-state index in [1.165, 1.54) is 11.8 Å². The molecule has 0 saturated carbocycles. The monoisotopic (exact) mass is 333 g/mol. The fourth-order valence-corrected chi connectivity index (χ4v) is 2.96. The van der Waals surface area contributed by atoms with E-state index in [9.17, 15) is 9.59 Å². The maximum Gasteiger partial charge on any atom is 0.326 e. The summed E-state index contributed by atoms with van der Waals surface area (Å²) in [5.74, 6) is -0.472. The molecule has 0 heterocycles. The van der Waals surface area contributed by atoms with Gasteiger partial charge in [0.2, 0.25) is 5.91 Å². The van der Waals surface area contributed by atoms with Crippen LogP contribution in [-0.2, 0) is 9.59 Å². The average Bonchev–Trinajstić information content (AvgIpc) is 2.42. The van der Waals surface area contributed by atoms with Crippen LogP contribution in [0.1, 0.15) is 6.42 Å². The first-order valence-corrected chi connectivity index (χ1v) is 8.68. The second-order valence-corrected chi connectivity index (χ2v) is 6.37. The van der Waals surface area contributed by atoms with Crippen LogP contribution in [-0.4, -0.2) is 40.8 Å². The number of thioether (sulfide) groups is 2. The lowest BCUT2D eigenvalue weighted by Gasteiger charge is -2.13. The fraction of sp³-hybridized carbons (Fsp3) is 0.385. The van der Waals surface area contributed by atoms with Crippen LogP contribution in [0.2, 0.25) is 5.02 Å². The van der Waals surface area contributed by atoms with Gasteiger partial charge in [-0.05, 0) is 30.6 Å². The molecule has 7 heteroatoms. The zero-order chi connectivity index (χ0) is 15.0. The van der Waals surface area contributed by atoms with Crippen LogP contribution in [0.25, 0.3) is 0 Å². The van der Waals surface area contributed by atoms with Gasteiger partial charge in [-0.3, -0.25) is 4.79 Å². The normalized spacial score (nSPS) is 11.9. The summed E-state index contributed by atoms with van der Waals surface area (Å²) in [7, 11) is 0. The summed E-state index contributed by atoms with van der Waals surface area (Å²) >= 11 is 8.82. The summed E-state index contributed by atoms with van der Waals surface area (Å²) in [5.41, 5.74) is 0. The summed E-state index contributed by atoms with van der Waals surface area (Å²) in [6.07, 6.45) is 2.31. The van der Waals surface area contributed by atoms with E-state index in [-0.39, 0.29) is 11.7 Å². The van der Waals surface area contributed by atoms with Crippen molar-refractivity contribution in [1.82, 2.24) is 5.32 Å². The molecular weight excluding hydrogens is 318 g/mol. The Morgan fingerprint density at radius 1 is 1.40 bits per heavy atom. The minimum Gasteiger partial charge on any atom is -0.480 e. The first-order chi connectivity index (χ1) is 9.54. The van der Waals surface area contributed by atoms with Gasteiger partial charge in [-0.1, -0.05) is 23.7 Å². The minimum absolute atomic E-state index is 0.146. The van der Waals surface area contributed by atoms with Crippen LogP contribution in [0, 0.1) is 0 Å². The predicted molar refractivity (Wildman–Crippen MR) is 84.7 cm³/mol. The van der Waals surface area contributed by atoms with Gasteiger partial charge in [-0.15, -0.1) is 11.8 Å². The summed E-state index contributed by atoms with van der Waals surface area (Å²) in [6.45, 7) is 0. The van der Waals surface area contributed by atoms with Gasteiger partial charge in [-0.2, -0.15) is 11.8 Å². The van der Waals surface area contributed by atoms with Crippen molar-refractivity contribution in [3.8, 4) is 0 Å². The van der Waals surface area contributed by atoms with Crippen molar-refractivity contribution in [2.75, 3.05) is 17.8 Å². The molecule has 0 spiro atoms. The molecule has 0 bridgehead atoms. The molecule has 1 aromatic rings. The van der Waals surface area contributed by atoms with E-state index < -0.39 is 12.0 Å². The number of carboxylic acids is 1. The van der Waals surface area contributed by atoms with E-state index in [0.717, 1.165) is 4.90 Å². The van der Waals surface area contributed by atoms with Gasteiger partial charge in [0.15, 0.2) is 0 Å². The Hall–Kier alpha value is -0.850. The third-order valence-corrected chi connectivity index (χ3v) is 4.60. The lowest BCUT2D eigenvalue weighted by Crippen LogP contribution is -2.42. The number of rotatable bonds is 8. The molecular formula is C13H16ClNO3S2. The van der Waals surface area contributed by atoms with Crippen molar-refractivity contribution in [2.45, 2.75) is 17.4 Å². The maximum absolute atomic E-state index is 11.8. The van der Waals surface area contributed by atoms with E-state index in [2.05, 4.69) is 5.32 Å². The third-order valence-electron chi connectivity index (χ3n) is 2.44. The smallest absolute Gasteiger partial charge is 0.326 e. The average molecular weight is 334 g/mol. The predicted octanol–water partition coefficient (Wildman–Crippen LogP) is 2.75. The molecule has 2 N–H and O–H groups in total. The molecule has 0 aliphatic carbocycles. The van der Waals surface area contributed by atoms with E-state index in [0.29, 0.717) is 17.2 Å². The Morgan fingerprint density at radius 2 is 2.10 bits per heavy atom. The largest absolute Gasteiger partial charge is 0.480 e. The molecule has 110 valence electrons. The first-order valence-electron chi connectivity index (χ1n) is 5.93. The molecule has 0 aromatic heterocycles.